The average molecular weight is 457 g/mol. The third kappa shape index (κ3) is 5.12. The van der Waals surface area contributed by atoms with Gasteiger partial charge in [0.25, 0.3) is 0 Å². The number of nitrogens with one attached hydrogen (secondary N) is 1. The number of carbonyl (C=O) groups excluding carboxylic acids is 1. The molecule has 1 unspecified atom stereocenters. The lowest BCUT2D eigenvalue weighted by atomic mass is 9.88. The lowest BCUT2D eigenvalue weighted by Crippen LogP contribution is -2.35. The number of rotatable bonds is 8. The van der Waals surface area contributed by atoms with Gasteiger partial charge in [0.1, 0.15) is 0 Å². The molecule has 4 nitrogen and oxygen atoms in total. The van der Waals surface area contributed by atoms with Crippen molar-refractivity contribution in [1.82, 2.24) is 9.88 Å². The van der Waals surface area contributed by atoms with Gasteiger partial charge >= 0.3 is 5.97 Å². The summed E-state index contributed by atoms with van der Waals surface area (Å²) in [6, 6.07) is 15.8. The maximum Gasteiger partial charge on any atom is 0.330 e. The van der Waals surface area contributed by atoms with E-state index in [1.807, 2.05) is 6.08 Å². The summed E-state index contributed by atoms with van der Waals surface area (Å²) in [5.74, 6) is 0.511. The number of H-pyrrole nitrogens is 1. The molecule has 1 atom stereocenters. The predicted molar refractivity (Wildman–Crippen MR) is 139 cm³/mol. The van der Waals surface area contributed by atoms with Crippen LogP contribution >= 0.6 is 0 Å². The van der Waals surface area contributed by atoms with Gasteiger partial charge in [-0.15, -0.1) is 0 Å². The fraction of sp³-hybridized carbons (Fsp3) is 0.433. The number of benzene rings is 2. The van der Waals surface area contributed by atoms with E-state index in [4.69, 9.17) is 4.74 Å². The summed E-state index contributed by atoms with van der Waals surface area (Å²) in [4.78, 5) is 17.7. The zero-order valence-electron chi connectivity index (χ0n) is 20.3. The Bertz CT molecular complexity index is 1160. The first-order valence-corrected chi connectivity index (χ1v) is 12.9. The van der Waals surface area contributed by atoms with Gasteiger partial charge in [0.05, 0.1) is 7.11 Å². The van der Waals surface area contributed by atoms with Gasteiger partial charge in [-0.1, -0.05) is 55.7 Å². The van der Waals surface area contributed by atoms with Gasteiger partial charge in [0, 0.05) is 42.3 Å². The highest BCUT2D eigenvalue weighted by atomic mass is 16.5. The van der Waals surface area contributed by atoms with Crippen LogP contribution in [0.5, 0.6) is 0 Å². The van der Waals surface area contributed by atoms with Gasteiger partial charge in [0.2, 0.25) is 0 Å². The summed E-state index contributed by atoms with van der Waals surface area (Å²) < 4.78 is 4.73. The van der Waals surface area contributed by atoms with Crippen LogP contribution in [0.4, 0.5) is 0 Å². The molecule has 1 saturated carbocycles. The van der Waals surface area contributed by atoms with Crippen LogP contribution in [-0.2, 0) is 22.4 Å². The van der Waals surface area contributed by atoms with Gasteiger partial charge < -0.3 is 9.72 Å². The van der Waals surface area contributed by atoms with Crippen molar-refractivity contribution in [3.63, 3.8) is 0 Å². The Morgan fingerprint density at radius 3 is 2.82 bits per heavy atom. The molecule has 0 spiro atoms. The zero-order chi connectivity index (χ0) is 23.3. The van der Waals surface area contributed by atoms with Crippen LogP contribution in [-0.4, -0.2) is 36.1 Å². The molecule has 0 radical (unpaired) electrons. The van der Waals surface area contributed by atoms with Crippen LogP contribution in [0.2, 0.25) is 0 Å². The monoisotopic (exact) mass is 456 g/mol. The van der Waals surface area contributed by atoms with Gasteiger partial charge in [-0.3, -0.25) is 4.90 Å². The number of carbonyl (C=O) groups is 1. The molecule has 4 heteroatoms. The third-order valence-electron chi connectivity index (χ3n) is 7.83. The lowest BCUT2D eigenvalue weighted by Gasteiger charge is -2.34. The molecule has 0 bridgehead atoms. The quantitative estimate of drug-likeness (QED) is 0.312. The Balaban J connectivity index is 1.35. The van der Waals surface area contributed by atoms with Crippen LogP contribution in [0.15, 0.2) is 54.7 Å². The van der Waals surface area contributed by atoms with Gasteiger partial charge in [0.15, 0.2) is 0 Å². The Labute approximate surface area is 203 Å². The molecule has 178 valence electrons. The molecule has 34 heavy (non-hydrogen) atoms. The van der Waals surface area contributed by atoms with Crippen molar-refractivity contribution in [2.45, 2.75) is 57.4 Å². The van der Waals surface area contributed by atoms with E-state index >= 15 is 0 Å². The first kappa shape index (κ1) is 22.9. The highest BCUT2D eigenvalue weighted by Crippen LogP contribution is 2.38. The van der Waals surface area contributed by atoms with Crippen LogP contribution in [0.25, 0.3) is 17.0 Å². The van der Waals surface area contributed by atoms with Crippen molar-refractivity contribution in [1.29, 1.82) is 0 Å². The van der Waals surface area contributed by atoms with E-state index in [9.17, 15) is 4.79 Å². The molecule has 0 saturated heterocycles. The Kier molecular flexibility index (Phi) is 7.15. The van der Waals surface area contributed by atoms with Crippen molar-refractivity contribution in [2.75, 3.05) is 20.2 Å². The van der Waals surface area contributed by atoms with Crippen LogP contribution in [0.1, 0.15) is 66.8 Å². The van der Waals surface area contributed by atoms with Crippen molar-refractivity contribution in [3.05, 3.63) is 77.0 Å². The smallest absolute Gasteiger partial charge is 0.330 e. The molecule has 1 fully saturated rings. The molecule has 1 aromatic heterocycles. The number of aromatic nitrogens is 1. The third-order valence-corrected chi connectivity index (χ3v) is 7.83. The lowest BCUT2D eigenvalue weighted by molar-refractivity contribution is -0.134. The fourth-order valence-corrected chi connectivity index (χ4v) is 6.01. The number of hydrogen-bond acceptors (Lipinski definition) is 3. The second-order valence-corrected chi connectivity index (χ2v) is 9.98. The fourth-order valence-electron chi connectivity index (χ4n) is 6.01. The molecule has 5 rings (SSSR count). The highest BCUT2D eigenvalue weighted by Gasteiger charge is 2.30. The standard InChI is InChI=1S/C30H36N2O2/c1-34-30(33)16-12-22-11-14-27-24(19-22)13-15-29(27)32(21-23-7-3-2-4-8-23)18-17-25-20-31-28-10-6-5-9-26(25)28/h5-6,9-12,14,16,19-20,23,29,31H,2-4,7-8,13,15,17-18,21H2,1H3. The number of aryl methyl sites for hydroxylation is 1. The first-order chi connectivity index (χ1) is 16.7. The number of para-hydroxylation sites is 1. The van der Waals surface area contributed by atoms with Crippen LogP contribution < -0.4 is 0 Å². The minimum atomic E-state index is -0.311. The second-order valence-electron chi connectivity index (χ2n) is 9.98. The SMILES string of the molecule is COC(=O)C=Cc1ccc2c(c1)CCC2N(CCc1c[nH]c2ccccc12)CC1CCCCC1. The largest absolute Gasteiger partial charge is 0.466 e. The first-order valence-electron chi connectivity index (χ1n) is 12.9. The Morgan fingerprint density at radius 1 is 1.12 bits per heavy atom. The zero-order valence-corrected chi connectivity index (χ0v) is 20.3. The highest BCUT2D eigenvalue weighted by molar-refractivity contribution is 5.87. The van der Waals surface area contributed by atoms with Crippen LogP contribution in [0.3, 0.4) is 0 Å². The predicted octanol–water partition coefficient (Wildman–Crippen LogP) is 6.47. The summed E-state index contributed by atoms with van der Waals surface area (Å²) in [7, 11) is 1.41. The molecule has 0 aliphatic heterocycles. The Morgan fingerprint density at radius 2 is 1.97 bits per heavy atom. The number of fused-ring (bicyclic) bond motifs is 2. The number of hydrogen-bond donors (Lipinski definition) is 1. The maximum absolute atomic E-state index is 11.5. The number of nitrogens with zero attached hydrogens (tertiary/aromatic N) is 1. The summed E-state index contributed by atoms with van der Waals surface area (Å²) in [5, 5.41) is 1.36. The number of aromatic amines is 1. The summed E-state index contributed by atoms with van der Waals surface area (Å²) in [5.41, 5.74) is 6.63. The molecule has 2 aliphatic rings. The van der Waals surface area contributed by atoms with E-state index in [2.05, 4.69) is 58.5 Å². The average Bonchev–Trinajstić information content (AvgIpc) is 3.49. The van der Waals surface area contributed by atoms with Crippen LogP contribution in [0, 0.1) is 5.92 Å². The minimum Gasteiger partial charge on any atom is -0.466 e. The van der Waals surface area contributed by atoms with Gasteiger partial charge in [-0.25, -0.2) is 4.79 Å². The topological polar surface area (TPSA) is 45.3 Å². The molecule has 0 amide bonds. The van der Waals surface area contributed by atoms with Crippen molar-refractivity contribution >= 4 is 22.9 Å². The van der Waals surface area contributed by atoms with Crippen molar-refractivity contribution < 1.29 is 9.53 Å². The molecule has 3 aromatic rings. The number of esters is 1. The van der Waals surface area contributed by atoms with E-state index in [0.29, 0.717) is 6.04 Å². The molecular weight excluding hydrogens is 420 g/mol. The van der Waals surface area contributed by atoms with Gasteiger partial charge in [-0.2, -0.15) is 0 Å². The molecule has 2 aromatic carbocycles. The van der Waals surface area contributed by atoms with E-state index in [-0.39, 0.29) is 5.97 Å². The van der Waals surface area contributed by atoms with E-state index in [1.165, 1.54) is 85.8 Å². The summed E-state index contributed by atoms with van der Waals surface area (Å²) >= 11 is 0. The van der Waals surface area contributed by atoms with Gasteiger partial charge in [-0.05, 0) is 72.4 Å². The second kappa shape index (κ2) is 10.6. The summed E-state index contributed by atoms with van der Waals surface area (Å²) in [6.45, 7) is 2.29. The van der Waals surface area contributed by atoms with E-state index in [0.717, 1.165) is 30.9 Å². The normalized spacial score (nSPS) is 18.7. The van der Waals surface area contributed by atoms with E-state index in [1.54, 1.807) is 0 Å². The van der Waals surface area contributed by atoms with Crippen molar-refractivity contribution in [3.8, 4) is 0 Å². The molecule has 1 heterocycles. The molecular formula is C30H36N2O2. The number of methoxy groups -OCH3 is 1. The maximum atomic E-state index is 11.5. The number of ether oxygens (including phenoxy) is 1. The van der Waals surface area contributed by atoms with Crippen molar-refractivity contribution in [2.24, 2.45) is 5.92 Å². The molecule has 1 N–H and O–H groups in total. The minimum absolute atomic E-state index is 0.311. The Hall–Kier alpha value is -2.85. The summed E-state index contributed by atoms with van der Waals surface area (Å²) in [6.07, 6.45) is 15.8. The van der Waals surface area contributed by atoms with E-state index < -0.39 is 0 Å². The molecule has 2 aliphatic carbocycles.